The van der Waals surface area contributed by atoms with E-state index >= 15 is 0 Å². The van der Waals surface area contributed by atoms with Crippen molar-refractivity contribution in [2.24, 2.45) is 0 Å². The van der Waals surface area contributed by atoms with Crippen molar-refractivity contribution in [1.82, 2.24) is 15.2 Å². The standard InChI is InChI=1S/C20H20ClN5O2/c1-4-28-19(27)14-5-7-15(8-6-14)23-20-25-17(11-22-26-20)24-18-13(3)9-12(2)10-16(18)21/h5-11H,4H2,1-3H3,(H2,23,24,25,26). The van der Waals surface area contributed by atoms with E-state index in [1.165, 1.54) is 6.20 Å². The van der Waals surface area contributed by atoms with E-state index in [4.69, 9.17) is 16.3 Å². The van der Waals surface area contributed by atoms with Crippen molar-refractivity contribution in [2.45, 2.75) is 20.8 Å². The second-order valence-electron chi connectivity index (χ2n) is 6.15. The monoisotopic (exact) mass is 397 g/mol. The maximum Gasteiger partial charge on any atom is 0.338 e. The molecule has 1 heterocycles. The van der Waals surface area contributed by atoms with E-state index in [-0.39, 0.29) is 5.97 Å². The first kappa shape index (κ1) is 19.6. The third-order valence-corrected chi connectivity index (χ3v) is 4.19. The number of nitrogens with one attached hydrogen (secondary N) is 2. The summed E-state index contributed by atoms with van der Waals surface area (Å²) >= 11 is 6.34. The van der Waals surface area contributed by atoms with Crippen molar-refractivity contribution >= 4 is 40.7 Å². The van der Waals surface area contributed by atoms with Crippen molar-refractivity contribution in [3.05, 3.63) is 64.3 Å². The number of ether oxygens (including phenoxy) is 1. The first-order valence-corrected chi connectivity index (χ1v) is 9.11. The highest BCUT2D eigenvalue weighted by Gasteiger charge is 2.09. The van der Waals surface area contributed by atoms with Crippen molar-refractivity contribution < 1.29 is 9.53 Å². The minimum atomic E-state index is -0.358. The zero-order chi connectivity index (χ0) is 20.1. The smallest absolute Gasteiger partial charge is 0.338 e. The van der Waals surface area contributed by atoms with Crippen LogP contribution in [0.5, 0.6) is 0 Å². The molecule has 0 amide bonds. The molecule has 144 valence electrons. The van der Waals surface area contributed by atoms with Crippen LogP contribution >= 0.6 is 11.6 Å². The van der Waals surface area contributed by atoms with Gasteiger partial charge in [-0.25, -0.2) is 4.79 Å². The van der Waals surface area contributed by atoms with Gasteiger partial charge in [0.05, 0.1) is 29.1 Å². The lowest BCUT2D eigenvalue weighted by Crippen LogP contribution is -2.05. The number of nitrogens with zero attached hydrogens (tertiary/aromatic N) is 3. The highest BCUT2D eigenvalue weighted by Crippen LogP contribution is 2.29. The number of anilines is 4. The van der Waals surface area contributed by atoms with E-state index in [1.54, 1.807) is 31.2 Å². The van der Waals surface area contributed by atoms with Gasteiger partial charge in [0.25, 0.3) is 0 Å². The number of carbonyl (C=O) groups excluding carboxylic acids is 1. The van der Waals surface area contributed by atoms with Gasteiger partial charge in [0.15, 0.2) is 5.82 Å². The molecule has 0 fully saturated rings. The van der Waals surface area contributed by atoms with E-state index in [9.17, 15) is 4.79 Å². The molecule has 0 bridgehead atoms. The lowest BCUT2D eigenvalue weighted by Gasteiger charge is -2.12. The molecule has 0 saturated carbocycles. The number of benzene rings is 2. The number of aryl methyl sites for hydroxylation is 2. The SMILES string of the molecule is CCOC(=O)c1ccc(Nc2nncc(Nc3c(C)cc(C)cc3Cl)n2)cc1. The molecule has 0 aliphatic rings. The summed E-state index contributed by atoms with van der Waals surface area (Å²) in [6.45, 7) is 6.07. The van der Waals surface area contributed by atoms with E-state index < -0.39 is 0 Å². The van der Waals surface area contributed by atoms with Gasteiger partial charge in [0.1, 0.15) is 0 Å². The first-order chi connectivity index (χ1) is 13.5. The molecule has 28 heavy (non-hydrogen) atoms. The third-order valence-electron chi connectivity index (χ3n) is 3.90. The molecular weight excluding hydrogens is 378 g/mol. The third kappa shape index (κ3) is 4.75. The zero-order valence-corrected chi connectivity index (χ0v) is 16.5. The summed E-state index contributed by atoms with van der Waals surface area (Å²) in [5, 5.41) is 14.8. The lowest BCUT2D eigenvalue weighted by atomic mass is 10.1. The predicted molar refractivity (Wildman–Crippen MR) is 110 cm³/mol. The number of rotatable bonds is 6. The van der Waals surface area contributed by atoms with Crippen LogP contribution in [0.1, 0.15) is 28.4 Å². The van der Waals surface area contributed by atoms with Crippen LogP contribution in [0.15, 0.2) is 42.6 Å². The zero-order valence-electron chi connectivity index (χ0n) is 15.8. The molecule has 1 aromatic heterocycles. The molecule has 0 aliphatic heterocycles. The van der Waals surface area contributed by atoms with Crippen molar-refractivity contribution in [2.75, 3.05) is 17.2 Å². The lowest BCUT2D eigenvalue weighted by molar-refractivity contribution is 0.0526. The van der Waals surface area contributed by atoms with Crippen LogP contribution in [0.3, 0.4) is 0 Å². The van der Waals surface area contributed by atoms with Crippen LogP contribution in [0.25, 0.3) is 0 Å². The summed E-state index contributed by atoms with van der Waals surface area (Å²) in [6, 6.07) is 10.8. The van der Waals surface area contributed by atoms with Gasteiger partial charge in [-0.1, -0.05) is 17.7 Å². The number of aromatic nitrogens is 3. The Morgan fingerprint density at radius 3 is 2.57 bits per heavy atom. The molecule has 0 saturated heterocycles. The van der Waals surface area contributed by atoms with Crippen LogP contribution in [-0.2, 0) is 4.74 Å². The first-order valence-electron chi connectivity index (χ1n) is 8.74. The molecule has 3 rings (SSSR count). The summed E-state index contributed by atoms with van der Waals surface area (Å²) in [5.41, 5.74) is 4.07. The second kappa shape index (κ2) is 8.67. The van der Waals surface area contributed by atoms with E-state index in [2.05, 4.69) is 25.8 Å². The molecule has 3 aromatic rings. The van der Waals surface area contributed by atoms with Crippen molar-refractivity contribution in [3.63, 3.8) is 0 Å². The maximum atomic E-state index is 11.7. The van der Waals surface area contributed by atoms with E-state index in [0.29, 0.717) is 29.0 Å². The number of hydrogen-bond donors (Lipinski definition) is 2. The Bertz CT molecular complexity index is 969. The fourth-order valence-corrected chi connectivity index (χ4v) is 3.02. The van der Waals surface area contributed by atoms with Crippen LogP contribution in [0.4, 0.5) is 23.1 Å². The summed E-state index contributed by atoms with van der Waals surface area (Å²) in [6.07, 6.45) is 1.52. The predicted octanol–water partition coefficient (Wildman–Crippen LogP) is 4.81. The van der Waals surface area contributed by atoms with Crippen LogP contribution in [0, 0.1) is 13.8 Å². The average Bonchev–Trinajstić information content (AvgIpc) is 2.66. The number of hydrogen-bond acceptors (Lipinski definition) is 7. The quantitative estimate of drug-likeness (QED) is 0.577. The molecule has 7 nitrogen and oxygen atoms in total. The Hall–Kier alpha value is -3.19. The Morgan fingerprint density at radius 2 is 1.89 bits per heavy atom. The topological polar surface area (TPSA) is 89.0 Å². The summed E-state index contributed by atoms with van der Waals surface area (Å²) in [5.74, 6) is 0.466. The Morgan fingerprint density at radius 1 is 1.14 bits per heavy atom. The fraction of sp³-hybridized carbons (Fsp3) is 0.200. The van der Waals surface area contributed by atoms with E-state index in [0.717, 1.165) is 22.5 Å². The van der Waals surface area contributed by atoms with Gasteiger partial charge < -0.3 is 15.4 Å². The average molecular weight is 398 g/mol. The fourth-order valence-electron chi connectivity index (χ4n) is 2.65. The van der Waals surface area contributed by atoms with Crippen LogP contribution < -0.4 is 10.6 Å². The highest BCUT2D eigenvalue weighted by atomic mass is 35.5. The molecule has 2 N–H and O–H groups in total. The Balaban J connectivity index is 1.74. The Labute approximate surface area is 168 Å². The molecule has 0 spiro atoms. The molecule has 0 atom stereocenters. The number of carbonyl (C=O) groups is 1. The van der Waals surface area contributed by atoms with Gasteiger partial charge in [0, 0.05) is 5.69 Å². The van der Waals surface area contributed by atoms with Crippen LogP contribution in [0.2, 0.25) is 5.02 Å². The van der Waals surface area contributed by atoms with Gasteiger partial charge in [-0.05, 0) is 62.2 Å². The Kier molecular flexibility index (Phi) is 6.06. The molecule has 2 aromatic carbocycles. The summed E-state index contributed by atoms with van der Waals surface area (Å²) < 4.78 is 4.97. The van der Waals surface area contributed by atoms with Gasteiger partial charge in [-0.2, -0.15) is 10.1 Å². The van der Waals surface area contributed by atoms with Gasteiger partial charge in [0.2, 0.25) is 5.95 Å². The van der Waals surface area contributed by atoms with Gasteiger partial charge in [-0.3, -0.25) is 0 Å². The highest BCUT2D eigenvalue weighted by molar-refractivity contribution is 6.33. The number of esters is 1. The van der Waals surface area contributed by atoms with Crippen molar-refractivity contribution in [3.8, 4) is 0 Å². The molecule has 8 heteroatoms. The molecule has 0 radical (unpaired) electrons. The van der Waals surface area contributed by atoms with Crippen molar-refractivity contribution in [1.29, 1.82) is 0 Å². The minimum absolute atomic E-state index is 0.315. The minimum Gasteiger partial charge on any atom is -0.462 e. The number of halogens is 1. The van der Waals surface area contributed by atoms with Gasteiger partial charge >= 0.3 is 5.97 Å². The summed E-state index contributed by atoms with van der Waals surface area (Å²) in [7, 11) is 0. The van der Waals surface area contributed by atoms with E-state index in [1.807, 2.05) is 26.0 Å². The summed E-state index contributed by atoms with van der Waals surface area (Å²) in [4.78, 5) is 16.1. The molecule has 0 unspecified atom stereocenters. The normalized spacial score (nSPS) is 10.4. The molecular formula is C20H20ClN5O2. The molecule has 0 aliphatic carbocycles. The second-order valence-corrected chi connectivity index (χ2v) is 6.56. The van der Waals surface area contributed by atoms with Crippen LogP contribution in [-0.4, -0.2) is 27.8 Å². The largest absolute Gasteiger partial charge is 0.462 e. The maximum absolute atomic E-state index is 11.7. The van der Waals surface area contributed by atoms with Gasteiger partial charge in [-0.15, -0.1) is 5.10 Å².